The van der Waals surface area contributed by atoms with E-state index < -0.39 is 24.5 Å². The number of nitrogens with one attached hydrogen (secondary N) is 2. The van der Waals surface area contributed by atoms with Crippen molar-refractivity contribution in [3.63, 3.8) is 0 Å². The molecule has 2 N–H and O–H groups in total. The third-order valence-corrected chi connectivity index (χ3v) is 4.58. The molecular weight excluding hydrogens is 326 g/mol. The molecule has 0 unspecified atom stereocenters. The van der Waals surface area contributed by atoms with Crippen molar-refractivity contribution in [2.24, 2.45) is 0 Å². The van der Waals surface area contributed by atoms with Gasteiger partial charge in [0, 0.05) is 7.05 Å². The monoisotopic (exact) mass is 339 g/mol. The van der Waals surface area contributed by atoms with Crippen LogP contribution in [0.4, 0.5) is 4.79 Å². The molecular formula is C13H13N3O4S2. The van der Waals surface area contributed by atoms with Crippen LogP contribution in [0.25, 0.3) is 10.2 Å². The molecule has 9 heteroatoms. The quantitative estimate of drug-likeness (QED) is 0.631. The summed E-state index contributed by atoms with van der Waals surface area (Å²) in [5.74, 6) is -1.18. The maximum atomic E-state index is 11.5. The van der Waals surface area contributed by atoms with Crippen LogP contribution in [0, 0.1) is 0 Å². The number of amides is 3. The Labute approximate surface area is 134 Å². The van der Waals surface area contributed by atoms with Gasteiger partial charge >= 0.3 is 12.0 Å². The van der Waals surface area contributed by atoms with E-state index in [9.17, 15) is 14.4 Å². The number of fused-ring (bicyclic) bond motifs is 1. The molecule has 3 amide bonds. The summed E-state index contributed by atoms with van der Waals surface area (Å²) in [7, 11) is 1.38. The number of ether oxygens (including phenoxy) is 1. The Balaban J connectivity index is 1.75. The number of imide groups is 1. The molecule has 0 radical (unpaired) electrons. The standard InChI is InChI=1S/C13H13N3O4S2/c1-14-12(19)16-10(17)6-20-11(18)7-21-13-15-8-4-2-3-5-9(8)22-13/h2-5H,6-7H2,1H3,(H2,14,16,17,19). The fourth-order valence-electron chi connectivity index (χ4n) is 1.45. The zero-order valence-corrected chi connectivity index (χ0v) is 13.3. The highest BCUT2D eigenvalue weighted by Crippen LogP contribution is 2.29. The van der Waals surface area contributed by atoms with Crippen molar-refractivity contribution in [3.8, 4) is 0 Å². The van der Waals surface area contributed by atoms with Gasteiger partial charge in [0.15, 0.2) is 10.9 Å². The van der Waals surface area contributed by atoms with Crippen molar-refractivity contribution in [2.45, 2.75) is 4.34 Å². The predicted molar refractivity (Wildman–Crippen MR) is 83.9 cm³/mol. The zero-order chi connectivity index (χ0) is 15.9. The number of hydrogen-bond donors (Lipinski definition) is 2. The number of nitrogens with zero attached hydrogens (tertiary/aromatic N) is 1. The molecule has 0 fully saturated rings. The Kier molecular flexibility index (Phi) is 5.73. The van der Waals surface area contributed by atoms with E-state index in [1.54, 1.807) is 0 Å². The average Bonchev–Trinajstić information content (AvgIpc) is 2.93. The predicted octanol–water partition coefficient (Wildman–Crippen LogP) is 1.39. The smallest absolute Gasteiger partial charge is 0.321 e. The van der Waals surface area contributed by atoms with Crippen LogP contribution in [0.2, 0.25) is 0 Å². The summed E-state index contributed by atoms with van der Waals surface area (Å²) in [6.07, 6.45) is 0. The SMILES string of the molecule is CNC(=O)NC(=O)COC(=O)CSc1nc2ccccc2s1. The minimum atomic E-state index is -0.683. The van der Waals surface area contributed by atoms with E-state index in [1.807, 2.05) is 29.6 Å². The molecule has 22 heavy (non-hydrogen) atoms. The van der Waals surface area contributed by atoms with E-state index in [1.165, 1.54) is 30.1 Å². The largest absolute Gasteiger partial charge is 0.455 e. The molecule has 1 aromatic heterocycles. The lowest BCUT2D eigenvalue weighted by atomic mass is 10.3. The average molecular weight is 339 g/mol. The van der Waals surface area contributed by atoms with Crippen molar-refractivity contribution >= 4 is 51.2 Å². The number of rotatable bonds is 5. The summed E-state index contributed by atoms with van der Waals surface area (Å²) in [6, 6.07) is 7.03. The lowest BCUT2D eigenvalue weighted by Crippen LogP contribution is -2.39. The second kappa shape index (κ2) is 7.76. The van der Waals surface area contributed by atoms with E-state index in [4.69, 9.17) is 4.74 Å². The Morgan fingerprint density at radius 1 is 1.32 bits per heavy atom. The first-order valence-corrected chi connectivity index (χ1v) is 8.04. The van der Waals surface area contributed by atoms with Gasteiger partial charge in [-0.25, -0.2) is 9.78 Å². The van der Waals surface area contributed by atoms with E-state index in [2.05, 4.69) is 10.3 Å². The normalized spacial score (nSPS) is 10.2. The Morgan fingerprint density at radius 2 is 2.09 bits per heavy atom. The highest BCUT2D eigenvalue weighted by Gasteiger charge is 2.11. The van der Waals surface area contributed by atoms with Crippen LogP contribution < -0.4 is 10.6 Å². The van der Waals surface area contributed by atoms with Crippen LogP contribution in [0.1, 0.15) is 0 Å². The summed E-state index contributed by atoms with van der Waals surface area (Å²) in [6.45, 7) is -0.493. The van der Waals surface area contributed by atoms with E-state index in [0.29, 0.717) is 0 Å². The van der Waals surface area contributed by atoms with Gasteiger partial charge in [0.05, 0.1) is 16.0 Å². The molecule has 2 aromatic rings. The first kappa shape index (κ1) is 16.2. The van der Waals surface area contributed by atoms with Crippen LogP contribution in [0.15, 0.2) is 28.6 Å². The van der Waals surface area contributed by atoms with E-state index >= 15 is 0 Å². The van der Waals surface area contributed by atoms with Gasteiger partial charge < -0.3 is 10.1 Å². The minimum Gasteiger partial charge on any atom is -0.455 e. The number of carbonyl (C=O) groups excluding carboxylic acids is 3. The number of esters is 1. The van der Waals surface area contributed by atoms with Gasteiger partial charge in [0.1, 0.15) is 0 Å². The number of thiazole rings is 1. The van der Waals surface area contributed by atoms with Crippen LogP contribution in [-0.2, 0) is 14.3 Å². The molecule has 0 bridgehead atoms. The van der Waals surface area contributed by atoms with Gasteiger partial charge in [-0.05, 0) is 12.1 Å². The van der Waals surface area contributed by atoms with Gasteiger partial charge in [0.25, 0.3) is 5.91 Å². The number of urea groups is 1. The Hall–Kier alpha value is -2.13. The van der Waals surface area contributed by atoms with E-state index in [-0.39, 0.29) is 5.75 Å². The number of thioether (sulfide) groups is 1. The van der Waals surface area contributed by atoms with E-state index in [0.717, 1.165) is 14.6 Å². The molecule has 0 aliphatic rings. The molecule has 0 aliphatic heterocycles. The second-order valence-corrected chi connectivity index (χ2v) is 6.28. The maximum absolute atomic E-state index is 11.5. The third-order valence-electron chi connectivity index (χ3n) is 2.43. The zero-order valence-electron chi connectivity index (χ0n) is 11.6. The van der Waals surface area contributed by atoms with Crippen molar-refractivity contribution in [3.05, 3.63) is 24.3 Å². The third kappa shape index (κ3) is 4.71. The summed E-state index contributed by atoms with van der Waals surface area (Å²) in [4.78, 5) is 38.0. The summed E-state index contributed by atoms with van der Waals surface area (Å²) in [5, 5.41) is 4.21. The Bertz CT molecular complexity index is 668. The molecule has 0 saturated heterocycles. The Morgan fingerprint density at radius 3 is 2.82 bits per heavy atom. The number of benzene rings is 1. The van der Waals surface area contributed by atoms with Crippen LogP contribution >= 0.6 is 23.1 Å². The summed E-state index contributed by atoms with van der Waals surface area (Å²) >= 11 is 2.73. The first-order valence-electron chi connectivity index (χ1n) is 6.24. The highest BCUT2D eigenvalue weighted by atomic mass is 32.2. The fraction of sp³-hybridized carbons (Fsp3) is 0.231. The lowest BCUT2D eigenvalue weighted by molar-refractivity contribution is -0.145. The molecule has 0 aliphatic carbocycles. The highest BCUT2D eigenvalue weighted by molar-refractivity contribution is 8.01. The van der Waals surface area contributed by atoms with Gasteiger partial charge in [-0.15, -0.1) is 11.3 Å². The molecule has 0 atom stereocenters. The summed E-state index contributed by atoms with van der Waals surface area (Å²) < 4.78 is 6.57. The fourth-order valence-corrected chi connectivity index (χ4v) is 3.31. The molecule has 0 spiro atoms. The van der Waals surface area contributed by atoms with Crippen molar-refractivity contribution < 1.29 is 19.1 Å². The lowest BCUT2D eigenvalue weighted by Gasteiger charge is -2.04. The van der Waals surface area contributed by atoms with Crippen LogP contribution in [0.5, 0.6) is 0 Å². The van der Waals surface area contributed by atoms with Crippen molar-refractivity contribution in [1.29, 1.82) is 0 Å². The second-order valence-electron chi connectivity index (χ2n) is 4.02. The summed E-state index contributed by atoms with van der Waals surface area (Å²) in [5.41, 5.74) is 0.883. The van der Waals surface area contributed by atoms with Gasteiger partial charge in [-0.1, -0.05) is 23.9 Å². The van der Waals surface area contributed by atoms with Crippen molar-refractivity contribution in [2.75, 3.05) is 19.4 Å². The van der Waals surface area contributed by atoms with Gasteiger partial charge in [-0.2, -0.15) is 0 Å². The van der Waals surface area contributed by atoms with Crippen molar-refractivity contribution in [1.82, 2.24) is 15.6 Å². The number of carbonyl (C=O) groups is 3. The molecule has 2 rings (SSSR count). The molecule has 1 aromatic carbocycles. The van der Waals surface area contributed by atoms with Crippen LogP contribution in [0.3, 0.4) is 0 Å². The number of hydrogen-bond acceptors (Lipinski definition) is 7. The van der Waals surface area contributed by atoms with Gasteiger partial charge in [0.2, 0.25) is 0 Å². The van der Waals surface area contributed by atoms with Gasteiger partial charge in [-0.3, -0.25) is 14.9 Å². The van der Waals surface area contributed by atoms with Crippen LogP contribution in [-0.4, -0.2) is 42.3 Å². The molecule has 0 saturated carbocycles. The number of para-hydroxylation sites is 1. The first-order chi connectivity index (χ1) is 10.6. The molecule has 116 valence electrons. The molecule has 1 heterocycles. The topological polar surface area (TPSA) is 97.4 Å². The molecule has 7 nitrogen and oxygen atoms in total. The minimum absolute atomic E-state index is 0.0487. The number of aromatic nitrogens is 1. The maximum Gasteiger partial charge on any atom is 0.321 e.